The number of aliphatic hydroxyl groups is 2. The van der Waals surface area contributed by atoms with Crippen molar-refractivity contribution in [1.29, 1.82) is 0 Å². The number of unbranched alkanes of at least 4 members (excludes halogenated alkanes) is 1. The quantitative estimate of drug-likeness (QED) is 0.188. The second-order valence-corrected chi connectivity index (χ2v) is 12.2. The second-order valence-electron chi connectivity index (χ2n) is 12.2. The number of benzene rings is 1. The van der Waals surface area contributed by atoms with Gasteiger partial charge in [-0.05, 0) is 61.0 Å². The van der Waals surface area contributed by atoms with E-state index < -0.39 is 22.6 Å². The lowest BCUT2D eigenvalue weighted by Crippen LogP contribution is -2.58. The van der Waals surface area contributed by atoms with Crippen LogP contribution in [0.2, 0.25) is 0 Å². The summed E-state index contributed by atoms with van der Waals surface area (Å²) in [6.45, 7) is 19.8. The lowest BCUT2D eigenvalue weighted by atomic mass is 10.0. The summed E-state index contributed by atoms with van der Waals surface area (Å²) in [5.41, 5.74) is -1.52. The van der Waals surface area contributed by atoms with Gasteiger partial charge in [0.15, 0.2) is 5.82 Å². The van der Waals surface area contributed by atoms with Crippen LogP contribution in [0.3, 0.4) is 0 Å². The molecule has 0 aliphatic carbocycles. The molecule has 4 N–H and O–H groups in total. The fraction of sp³-hybridized carbons (Fsp3) is 0.636. The third-order valence-corrected chi connectivity index (χ3v) is 6.38. The Morgan fingerprint density at radius 1 is 0.955 bits per heavy atom. The number of ether oxygens (including phenoxy) is 2. The van der Waals surface area contributed by atoms with E-state index in [0.29, 0.717) is 30.1 Å². The fourth-order valence-corrected chi connectivity index (χ4v) is 4.12. The number of carbonyl (C=O) groups is 2. The summed E-state index contributed by atoms with van der Waals surface area (Å²) in [6.07, 6.45) is 3.05. The van der Waals surface area contributed by atoms with Crippen molar-refractivity contribution in [2.75, 3.05) is 25.6 Å². The Hall–Kier alpha value is -3.12. The first-order valence-electron chi connectivity index (χ1n) is 15.4. The van der Waals surface area contributed by atoms with Crippen LogP contribution in [-0.4, -0.2) is 73.6 Å². The summed E-state index contributed by atoms with van der Waals surface area (Å²) in [5, 5.41) is 24.2. The third kappa shape index (κ3) is 10.8. The Morgan fingerprint density at radius 2 is 1.57 bits per heavy atom. The van der Waals surface area contributed by atoms with Gasteiger partial charge in [-0.2, -0.15) is 0 Å². The van der Waals surface area contributed by atoms with Gasteiger partial charge in [0.2, 0.25) is 0 Å². The van der Waals surface area contributed by atoms with Crippen molar-refractivity contribution in [3.05, 3.63) is 30.1 Å². The van der Waals surface area contributed by atoms with Gasteiger partial charge in [0, 0.05) is 25.7 Å². The van der Waals surface area contributed by atoms with Gasteiger partial charge < -0.3 is 34.9 Å². The van der Waals surface area contributed by atoms with E-state index >= 15 is 0 Å². The maximum atomic E-state index is 13.5. The number of pyridine rings is 1. The number of imidazole rings is 1. The van der Waals surface area contributed by atoms with E-state index in [9.17, 15) is 14.7 Å². The SMILES string of the molecule is CCC.CCCCOC(C)(C)C(=O)NC(C)(C)C(=O)Nc1nc2ccccc2c2c1nc(COCC)n2CC(C)(C)O.CO. The number of hydrogen-bond acceptors (Lipinski definition) is 8. The molecular formula is C33H55N5O6. The van der Waals surface area contributed by atoms with E-state index in [-0.39, 0.29) is 24.9 Å². The molecule has 11 heteroatoms. The molecule has 0 fully saturated rings. The Morgan fingerprint density at radius 3 is 2.14 bits per heavy atom. The van der Waals surface area contributed by atoms with E-state index in [1.54, 1.807) is 41.5 Å². The molecule has 0 saturated heterocycles. The molecule has 0 aliphatic rings. The first-order valence-corrected chi connectivity index (χ1v) is 15.4. The minimum Gasteiger partial charge on any atom is -0.400 e. The van der Waals surface area contributed by atoms with Crippen LogP contribution in [0.5, 0.6) is 0 Å². The second kappa shape index (κ2) is 17.4. The van der Waals surface area contributed by atoms with Crippen molar-refractivity contribution in [3.8, 4) is 0 Å². The highest BCUT2D eigenvalue weighted by Gasteiger charge is 2.37. The molecule has 0 saturated carbocycles. The number of amides is 2. The van der Waals surface area contributed by atoms with Gasteiger partial charge in [0.05, 0.1) is 23.2 Å². The number of hydrogen-bond donors (Lipinski definition) is 4. The van der Waals surface area contributed by atoms with Crippen LogP contribution in [0.1, 0.15) is 94.3 Å². The molecule has 0 bridgehead atoms. The number of nitrogens with zero attached hydrogens (tertiary/aromatic N) is 3. The van der Waals surface area contributed by atoms with Gasteiger partial charge in [-0.1, -0.05) is 51.8 Å². The maximum absolute atomic E-state index is 13.5. The molecule has 0 unspecified atom stereocenters. The Kier molecular flexibility index (Phi) is 15.4. The highest BCUT2D eigenvalue weighted by atomic mass is 16.5. The van der Waals surface area contributed by atoms with E-state index in [4.69, 9.17) is 24.5 Å². The van der Waals surface area contributed by atoms with Gasteiger partial charge in [-0.15, -0.1) is 0 Å². The van der Waals surface area contributed by atoms with Crippen LogP contribution in [-0.2, 0) is 32.2 Å². The fourth-order valence-electron chi connectivity index (χ4n) is 4.12. The largest absolute Gasteiger partial charge is 0.400 e. The molecule has 1 aromatic carbocycles. The minimum atomic E-state index is -1.27. The first-order chi connectivity index (χ1) is 20.6. The van der Waals surface area contributed by atoms with Crippen molar-refractivity contribution >= 4 is 39.6 Å². The van der Waals surface area contributed by atoms with Crippen molar-refractivity contribution < 1.29 is 29.3 Å². The lowest BCUT2D eigenvalue weighted by molar-refractivity contribution is -0.146. The van der Waals surface area contributed by atoms with Gasteiger partial charge >= 0.3 is 0 Å². The maximum Gasteiger partial charge on any atom is 0.252 e. The highest BCUT2D eigenvalue weighted by molar-refractivity contribution is 6.11. The predicted molar refractivity (Wildman–Crippen MR) is 177 cm³/mol. The van der Waals surface area contributed by atoms with Gasteiger partial charge in [-0.25, -0.2) is 9.97 Å². The number of aromatic nitrogens is 3. The molecule has 248 valence electrons. The summed E-state index contributed by atoms with van der Waals surface area (Å²) >= 11 is 0. The standard InChI is InChI=1S/C29H43N5O5.C3H8.CH4O/c1-9-11-16-39-29(7,8)26(36)33-28(5,6)25(35)32-24-22-23(19-14-12-13-15-20(19)30-24)34(18-27(3,4)37)21(31-22)17-38-10-2;1-3-2;1-2/h12-15,37H,9-11,16-18H2,1-8H3,(H,33,36)(H,30,32,35);3H2,1-2H3;2H,1H3. The highest BCUT2D eigenvalue weighted by Crippen LogP contribution is 2.32. The lowest BCUT2D eigenvalue weighted by Gasteiger charge is -2.31. The summed E-state index contributed by atoms with van der Waals surface area (Å²) in [7, 11) is 1.00. The zero-order valence-electron chi connectivity index (χ0n) is 28.6. The summed E-state index contributed by atoms with van der Waals surface area (Å²) in [4.78, 5) is 36.1. The van der Waals surface area contributed by atoms with Crippen LogP contribution in [0, 0.1) is 0 Å². The number of carbonyl (C=O) groups excluding carboxylic acids is 2. The third-order valence-electron chi connectivity index (χ3n) is 6.38. The van der Waals surface area contributed by atoms with Crippen LogP contribution >= 0.6 is 0 Å². The van der Waals surface area contributed by atoms with Crippen LogP contribution in [0.15, 0.2) is 24.3 Å². The number of nitrogens with one attached hydrogen (secondary N) is 2. The smallest absolute Gasteiger partial charge is 0.252 e. The molecule has 44 heavy (non-hydrogen) atoms. The average molecular weight is 618 g/mol. The number of anilines is 1. The number of aliphatic hydroxyl groups excluding tert-OH is 1. The Bertz CT molecular complexity index is 1340. The Labute approximate surface area is 262 Å². The van der Waals surface area contributed by atoms with Gasteiger partial charge in [0.25, 0.3) is 11.8 Å². The van der Waals surface area contributed by atoms with Crippen LogP contribution in [0.25, 0.3) is 21.9 Å². The summed E-state index contributed by atoms with van der Waals surface area (Å²) in [6, 6.07) is 7.58. The zero-order chi connectivity index (χ0) is 33.7. The van der Waals surface area contributed by atoms with Crippen molar-refractivity contribution in [3.63, 3.8) is 0 Å². The molecule has 0 spiro atoms. The minimum absolute atomic E-state index is 0.234. The van der Waals surface area contributed by atoms with Crippen LogP contribution < -0.4 is 10.6 Å². The molecular weight excluding hydrogens is 562 g/mol. The zero-order valence-corrected chi connectivity index (χ0v) is 28.6. The van der Waals surface area contributed by atoms with Gasteiger partial charge in [0.1, 0.15) is 29.1 Å². The van der Waals surface area contributed by atoms with Crippen LogP contribution in [0.4, 0.5) is 5.82 Å². The molecule has 3 rings (SSSR count). The normalized spacial score (nSPS) is 11.8. The number of fused-ring (bicyclic) bond motifs is 3. The predicted octanol–water partition coefficient (Wildman–Crippen LogP) is 5.35. The molecule has 11 nitrogen and oxygen atoms in total. The molecule has 2 aromatic heterocycles. The topological polar surface area (TPSA) is 148 Å². The first kappa shape index (κ1) is 38.9. The summed E-state index contributed by atoms with van der Waals surface area (Å²) < 4.78 is 13.4. The van der Waals surface area contributed by atoms with Crippen molar-refractivity contribution in [2.45, 2.75) is 118 Å². The van der Waals surface area contributed by atoms with E-state index in [1.165, 1.54) is 6.42 Å². The molecule has 3 aromatic rings. The van der Waals surface area contributed by atoms with Gasteiger partial charge in [-0.3, -0.25) is 9.59 Å². The van der Waals surface area contributed by atoms with E-state index in [2.05, 4.69) is 31.4 Å². The average Bonchev–Trinajstić information content (AvgIpc) is 3.30. The molecule has 0 radical (unpaired) electrons. The Balaban J connectivity index is 0.00000182. The van der Waals surface area contributed by atoms with E-state index in [1.807, 2.05) is 35.8 Å². The monoisotopic (exact) mass is 617 g/mol. The molecule has 2 amide bonds. The number of rotatable bonds is 13. The van der Waals surface area contributed by atoms with E-state index in [0.717, 1.165) is 30.9 Å². The summed E-state index contributed by atoms with van der Waals surface area (Å²) in [5.74, 6) is 0.0411. The molecule has 0 atom stereocenters. The molecule has 0 aliphatic heterocycles. The number of para-hydroxylation sites is 1. The molecule has 2 heterocycles. The van der Waals surface area contributed by atoms with Crippen molar-refractivity contribution in [1.82, 2.24) is 19.9 Å². The van der Waals surface area contributed by atoms with Crippen molar-refractivity contribution in [2.24, 2.45) is 0 Å².